The number of ether oxygens (including phenoxy) is 1. The van der Waals surface area contributed by atoms with Gasteiger partial charge < -0.3 is 19.6 Å². The van der Waals surface area contributed by atoms with Gasteiger partial charge in [-0.2, -0.15) is 0 Å². The number of carbonyl (C=O) groups excluding carboxylic acids is 1. The largest absolute Gasteiger partial charge is 0.494 e. The monoisotopic (exact) mass is 323 g/mol. The van der Waals surface area contributed by atoms with Crippen molar-refractivity contribution in [2.75, 3.05) is 6.61 Å². The normalized spacial score (nSPS) is 15.4. The van der Waals surface area contributed by atoms with Crippen LogP contribution < -0.4 is 10.1 Å². The van der Waals surface area contributed by atoms with Crippen molar-refractivity contribution in [2.45, 2.75) is 25.3 Å². The molecule has 3 aromatic rings. The molecule has 24 heavy (non-hydrogen) atoms. The Kier molecular flexibility index (Phi) is 3.37. The number of fused-ring (bicyclic) bond motifs is 1. The number of aryl methyl sites for hydroxylation is 1. The van der Waals surface area contributed by atoms with E-state index in [1.165, 1.54) is 5.56 Å². The van der Waals surface area contributed by atoms with E-state index in [1.807, 2.05) is 49.0 Å². The number of hydrogen-bond acceptors (Lipinski definition) is 2. The molecule has 1 aliphatic carbocycles. The molecule has 0 unspecified atom stereocenters. The summed E-state index contributed by atoms with van der Waals surface area (Å²) in [4.78, 5) is 15.9. The Morgan fingerprint density at radius 2 is 2.17 bits per heavy atom. The zero-order valence-corrected chi connectivity index (χ0v) is 13.9. The van der Waals surface area contributed by atoms with Gasteiger partial charge in [-0.25, -0.2) is 0 Å². The lowest BCUT2D eigenvalue weighted by atomic mass is 10.1. The SMILES string of the molecule is CCOc1ccc2[nH]c(C(=O)NC3(c4ccn(C)c4)CC3)cc2c1. The summed E-state index contributed by atoms with van der Waals surface area (Å²) in [6.07, 6.45) is 6.06. The third kappa shape index (κ3) is 2.56. The predicted octanol–water partition coefficient (Wildman–Crippen LogP) is 3.32. The summed E-state index contributed by atoms with van der Waals surface area (Å²) >= 11 is 0. The van der Waals surface area contributed by atoms with Crippen molar-refractivity contribution in [3.8, 4) is 5.75 Å². The van der Waals surface area contributed by atoms with Crippen LogP contribution in [-0.4, -0.2) is 22.1 Å². The van der Waals surface area contributed by atoms with Gasteiger partial charge in [0.05, 0.1) is 12.1 Å². The van der Waals surface area contributed by atoms with Crippen LogP contribution in [0.4, 0.5) is 0 Å². The highest BCUT2D eigenvalue weighted by molar-refractivity contribution is 5.98. The maximum Gasteiger partial charge on any atom is 0.268 e. The molecule has 0 atom stereocenters. The molecule has 1 aliphatic rings. The first kappa shape index (κ1) is 14.9. The highest BCUT2D eigenvalue weighted by atomic mass is 16.5. The van der Waals surface area contributed by atoms with E-state index in [2.05, 4.69) is 22.6 Å². The van der Waals surface area contributed by atoms with E-state index in [9.17, 15) is 4.79 Å². The first-order valence-electron chi connectivity index (χ1n) is 8.30. The van der Waals surface area contributed by atoms with Crippen molar-refractivity contribution in [2.24, 2.45) is 7.05 Å². The third-order valence-electron chi connectivity index (χ3n) is 4.64. The number of nitrogens with zero attached hydrogens (tertiary/aromatic N) is 1. The van der Waals surface area contributed by atoms with Crippen LogP contribution in [0.25, 0.3) is 10.9 Å². The van der Waals surface area contributed by atoms with Crippen molar-refractivity contribution in [1.82, 2.24) is 14.9 Å². The van der Waals surface area contributed by atoms with Gasteiger partial charge in [0.25, 0.3) is 5.91 Å². The van der Waals surface area contributed by atoms with Crippen LogP contribution in [0.2, 0.25) is 0 Å². The van der Waals surface area contributed by atoms with Crippen molar-refractivity contribution >= 4 is 16.8 Å². The van der Waals surface area contributed by atoms with Gasteiger partial charge in [-0.1, -0.05) is 0 Å². The number of amides is 1. The van der Waals surface area contributed by atoms with E-state index >= 15 is 0 Å². The van der Waals surface area contributed by atoms with Crippen LogP contribution in [0.1, 0.15) is 35.8 Å². The van der Waals surface area contributed by atoms with Crippen LogP contribution in [-0.2, 0) is 12.6 Å². The minimum absolute atomic E-state index is 0.0643. The highest BCUT2D eigenvalue weighted by Crippen LogP contribution is 2.45. The number of H-pyrrole nitrogens is 1. The standard InChI is InChI=1S/C19H21N3O2/c1-3-24-15-4-5-16-13(10-15)11-17(20-16)18(23)21-19(7-8-19)14-6-9-22(2)12-14/h4-6,9-12,20H,3,7-8H2,1-2H3,(H,21,23). The number of carbonyl (C=O) groups is 1. The second kappa shape index (κ2) is 5.44. The summed E-state index contributed by atoms with van der Waals surface area (Å²) in [5.74, 6) is 0.754. The number of nitrogens with one attached hydrogen (secondary N) is 2. The zero-order valence-electron chi connectivity index (χ0n) is 13.9. The van der Waals surface area contributed by atoms with Gasteiger partial charge in [-0.3, -0.25) is 4.79 Å². The molecule has 0 radical (unpaired) electrons. The lowest BCUT2D eigenvalue weighted by Crippen LogP contribution is -2.34. The van der Waals surface area contributed by atoms with Crippen molar-refractivity contribution < 1.29 is 9.53 Å². The molecule has 0 spiro atoms. The number of rotatable bonds is 5. The van der Waals surface area contributed by atoms with Crippen LogP contribution in [0.15, 0.2) is 42.7 Å². The Morgan fingerprint density at radius 1 is 1.33 bits per heavy atom. The summed E-state index contributed by atoms with van der Waals surface area (Å²) in [5, 5.41) is 4.18. The summed E-state index contributed by atoms with van der Waals surface area (Å²) < 4.78 is 7.53. The molecule has 5 nitrogen and oxygen atoms in total. The average molecular weight is 323 g/mol. The highest BCUT2D eigenvalue weighted by Gasteiger charge is 2.46. The molecule has 2 heterocycles. The van der Waals surface area contributed by atoms with Gasteiger partial charge in [-0.05, 0) is 55.7 Å². The molecule has 2 N–H and O–H groups in total. The summed E-state index contributed by atoms with van der Waals surface area (Å²) in [5.41, 5.74) is 2.49. The quantitative estimate of drug-likeness (QED) is 0.757. The summed E-state index contributed by atoms with van der Waals surface area (Å²) in [6, 6.07) is 9.77. The Labute approximate surface area is 140 Å². The maximum atomic E-state index is 12.7. The molecule has 4 rings (SSSR count). The van der Waals surface area contributed by atoms with E-state index < -0.39 is 0 Å². The minimum Gasteiger partial charge on any atom is -0.494 e. The molecule has 0 saturated heterocycles. The van der Waals surface area contributed by atoms with Crippen molar-refractivity contribution in [3.63, 3.8) is 0 Å². The van der Waals surface area contributed by atoms with E-state index in [4.69, 9.17) is 4.74 Å². The fourth-order valence-corrected chi connectivity index (χ4v) is 3.17. The van der Waals surface area contributed by atoms with Crippen LogP contribution >= 0.6 is 0 Å². The summed E-state index contributed by atoms with van der Waals surface area (Å²) in [7, 11) is 2.00. The lowest BCUT2D eigenvalue weighted by Gasteiger charge is -2.15. The van der Waals surface area contributed by atoms with Crippen molar-refractivity contribution in [3.05, 3.63) is 54.0 Å². The van der Waals surface area contributed by atoms with Gasteiger partial charge in [0.15, 0.2) is 0 Å². The second-order valence-corrected chi connectivity index (χ2v) is 6.47. The van der Waals surface area contributed by atoms with Crippen LogP contribution in [0.3, 0.4) is 0 Å². The first-order chi connectivity index (χ1) is 11.6. The summed E-state index contributed by atoms with van der Waals surface area (Å²) in [6.45, 7) is 2.59. The molecule has 1 fully saturated rings. The first-order valence-corrected chi connectivity index (χ1v) is 8.30. The average Bonchev–Trinajstić information content (AvgIpc) is 3.01. The number of aromatic nitrogens is 2. The molecule has 1 amide bonds. The van der Waals surface area contributed by atoms with Crippen LogP contribution in [0, 0.1) is 0 Å². The third-order valence-corrected chi connectivity index (χ3v) is 4.64. The molecule has 5 heteroatoms. The predicted molar refractivity (Wildman–Crippen MR) is 93.3 cm³/mol. The van der Waals surface area contributed by atoms with Crippen molar-refractivity contribution in [1.29, 1.82) is 0 Å². The topological polar surface area (TPSA) is 59.1 Å². The second-order valence-electron chi connectivity index (χ2n) is 6.47. The minimum atomic E-state index is -0.202. The fraction of sp³-hybridized carbons (Fsp3) is 0.316. The fourth-order valence-electron chi connectivity index (χ4n) is 3.17. The molecule has 0 aliphatic heterocycles. The number of aromatic amines is 1. The van der Waals surface area contributed by atoms with E-state index in [0.717, 1.165) is 29.5 Å². The molecule has 1 aromatic carbocycles. The van der Waals surface area contributed by atoms with E-state index in [1.54, 1.807) is 0 Å². The Balaban J connectivity index is 1.57. The molecular weight excluding hydrogens is 302 g/mol. The molecular formula is C19H21N3O2. The van der Waals surface area contributed by atoms with Gasteiger partial charge in [0.2, 0.25) is 0 Å². The smallest absolute Gasteiger partial charge is 0.268 e. The van der Waals surface area contributed by atoms with E-state index in [0.29, 0.717) is 12.3 Å². The number of benzene rings is 1. The van der Waals surface area contributed by atoms with Gasteiger partial charge in [0.1, 0.15) is 11.4 Å². The lowest BCUT2D eigenvalue weighted by molar-refractivity contribution is 0.0926. The van der Waals surface area contributed by atoms with E-state index in [-0.39, 0.29) is 11.4 Å². The number of hydrogen-bond donors (Lipinski definition) is 2. The molecule has 124 valence electrons. The van der Waals surface area contributed by atoms with Gasteiger partial charge >= 0.3 is 0 Å². The van der Waals surface area contributed by atoms with Crippen LogP contribution in [0.5, 0.6) is 5.75 Å². The molecule has 2 aromatic heterocycles. The Bertz CT molecular complexity index is 902. The molecule has 1 saturated carbocycles. The maximum absolute atomic E-state index is 12.7. The zero-order chi connectivity index (χ0) is 16.7. The van der Waals surface area contributed by atoms with Gasteiger partial charge in [-0.15, -0.1) is 0 Å². The Morgan fingerprint density at radius 3 is 2.83 bits per heavy atom. The van der Waals surface area contributed by atoms with Gasteiger partial charge in [0, 0.05) is 30.3 Å². The Hall–Kier alpha value is -2.69. The molecule has 0 bridgehead atoms.